The van der Waals surface area contributed by atoms with Crippen LogP contribution < -0.4 is 5.32 Å². The van der Waals surface area contributed by atoms with E-state index in [9.17, 15) is 0 Å². The molecule has 0 aliphatic heterocycles. The Morgan fingerprint density at radius 1 is 1.19 bits per heavy atom. The molecule has 0 bridgehead atoms. The zero-order valence-corrected chi connectivity index (χ0v) is 11.4. The summed E-state index contributed by atoms with van der Waals surface area (Å²) in [5, 5.41) is 4.47. The number of rotatable bonds is 6. The maximum Gasteiger partial charge on any atom is 0.133 e. The van der Waals surface area contributed by atoms with E-state index in [0.29, 0.717) is 0 Å². The van der Waals surface area contributed by atoms with Gasteiger partial charge in [-0.1, -0.05) is 13.8 Å². The molecule has 1 heterocycles. The fourth-order valence-electron chi connectivity index (χ4n) is 1.49. The maximum absolute atomic E-state index is 4.57. The molecule has 3 nitrogen and oxygen atoms in total. The quantitative estimate of drug-likeness (QED) is 0.610. The van der Waals surface area contributed by atoms with Crippen molar-refractivity contribution < 1.29 is 0 Å². The molecule has 0 unspecified atom stereocenters. The maximum atomic E-state index is 4.57. The lowest BCUT2D eigenvalue weighted by Gasteiger charge is -2.12. The number of thioether (sulfide) groups is 1. The molecule has 4 heteroatoms. The predicted octanol–water partition coefficient (Wildman–Crippen LogP) is 3.28. The van der Waals surface area contributed by atoms with Gasteiger partial charge in [0.25, 0.3) is 0 Å². The van der Waals surface area contributed by atoms with E-state index < -0.39 is 0 Å². The van der Waals surface area contributed by atoms with E-state index in [2.05, 4.69) is 42.3 Å². The molecule has 0 atom stereocenters. The van der Waals surface area contributed by atoms with Crippen molar-refractivity contribution in [2.24, 2.45) is 0 Å². The van der Waals surface area contributed by atoms with Gasteiger partial charge in [0, 0.05) is 18.5 Å². The summed E-state index contributed by atoms with van der Waals surface area (Å²) >= 11 is 1.69. The van der Waals surface area contributed by atoms with Crippen molar-refractivity contribution in [3.05, 3.63) is 11.4 Å². The smallest absolute Gasteiger partial charge is 0.133 e. The summed E-state index contributed by atoms with van der Waals surface area (Å²) in [5.41, 5.74) is 1.17. The highest BCUT2D eigenvalue weighted by molar-refractivity contribution is 7.98. The van der Waals surface area contributed by atoms with Crippen molar-refractivity contribution in [3.8, 4) is 0 Å². The zero-order valence-electron chi connectivity index (χ0n) is 10.6. The van der Waals surface area contributed by atoms with E-state index in [1.165, 1.54) is 5.56 Å². The van der Waals surface area contributed by atoms with Crippen LogP contribution in [0.3, 0.4) is 0 Å². The summed E-state index contributed by atoms with van der Waals surface area (Å²) in [7, 11) is 0. The minimum absolute atomic E-state index is 0.953. The Balaban J connectivity index is 2.98. The first-order chi connectivity index (χ1) is 7.72. The van der Waals surface area contributed by atoms with Crippen LogP contribution in [-0.4, -0.2) is 22.8 Å². The lowest BCUT2D eigenvalue weighted by atomic mass is 10.3. The third-order valence-electron chi connectivity index (χ3n) is 2.36. The van der Waals surface area contributed by atoms with Gasteiger partial charge in [0.05, 0.1) is 0 Å². The highest BCUT2D eigenvalue weighted by atomic mass is 32.2. The number of hydrogen-bond donors (Lipinski definition) is 1. The Bertz CT molecular complexity index is 339. The Hall–Kier alpha value is -0.770. The van der Waals surface area contributed by atoms with E-state index in [-0.39, 0.29) is 0 Å². The van der Waals surface area contributed by atoms with Crippen molar-refractivity contribution in [2.75, 3.05) is 18.1 Å². The van der Waals surface area contributed by atoms with E-state index in [4.69, 9.17) is 0 Å². The first-order valence-electron chi connectivity index (χ1n) is 5.88. The molecule has 0 fully saturated rings. The molecule has 90 valence electrons. The van der Waals surface area contributed by atoms with E-state index in [1.807, 2.05) is 0 Å². The number of nitrogens with one attached hydrogen (secondary N) is 1. The molecule has 0 amide bonds. The van der Waals surface area contributed by atoms with Crippen molar-refractivity contribution >= 4 is 17.6 Å². The van der Waals surface area contributed by atoms with Gasteiger partial charge in [-0.05, 0) is 26.0 Å². The SMILES string of the molecule is CCCNc1nc(CCC)nc(SC)c1C. The van der Waals surface area contributed by atoms with Crippen LogP contribution in [0.25, 0.3) is 0 Å². The molecule has 0 spiro atoms. The number of hydrogen-bond acceptors (Lipinski definition) is 4. The van der Waals surface area contributed by atoms with Crippen LogP contribution in [0.2, 0.25) is 0 Å². The van der Waals surface area contributed by atoms with Crippen LogP contribution in [0.4, 0.5) is 5.82 Å². The highest BCUT2D eigenvalue weighted by Crippen LogP contribution is 2.23. The van der Waals surface area contributed by atoms with Crippen LogP contribution in [0.15, 0.2) is 5.03 Å². The summed E-state index contributed by atoms with van der Waals surface area (Å²) in [6, 6.07) is 0. The summed E-state index contributed by atoms with van der Waals surface area (Å²) in [4.78, 5) is 9.13. The number of anilines is 1. The van der Waals surface area contributed by atoms with Gasteiger partial charge in [-0.3, -0.25) is 0 Å². The normalized spacial score (nSPS) is 10.5. The Morgan fingerprint density at radius 3 is 2.50 bits per heavy atom. The van der Waals surface area contributed by atoms with Crippen LogP contribution in [-0.2, 0) is 6.42 Å². The minimum atomic E-state index is 0.953. The molecule has 0 aromatic carbocycles. The first kappa shape index (κ1) is 13.3. The third-order valence-corrected chi connectivity index (χ3v) is 3.14. The molecule has 16 heavy (non-hydrogen) atoms. The molecule has 1 rings (SSSR count). The van der Waals surface area contributed by atoms with Crippen molar-refractivity contribution in [1.82, 2.24) is 9.97 Å². The van der Waals surface area contributed by atoms with Crippen LogP contribution in [0.1, 0.15) is 38.1 Å². The fraction of sp³-hybridized carbons (Fsp3) is 0.667. The first-order valence-corrected chi connectivity index (χ1v) is 7.10. The average molecular weight is 239 g/mol. The molecule has 0 aliphatic carbocycles. The summed E-state index contributed by atoms with van der Waals surface area (Å²) in [6.07, 6.45) is 5.22. The lowest BCUT2D eigenvalue weighted by Crippen LogP contribution is -2.08. The Kier molecular flexibility index (Phi) is 5.60. The van der Waals surface area contributed by atoms with Gasteiger partial charge in [0.2, 0.25) is 0 Å². The second-order valence-corrected chi connectivity index (χ2v) is 4.59. The van der Waals surface area contributed by atoms with Crippen molar-refractivity contribution in [2.45, 2.75) is 45.1 Å². The largest absolute Gasteiger partial charge is 0.370 e. The standard InChI is InChI=1S/C12H21N3S/c1-5-7-10-14-11(13-8-6-2)9(3)12(15-10)16-4/h5-8H2,1-4H3,(H,13,14,15). The highest BCUT2D eigenvalue weighted by Gasteiger charge is 2.09. The van der Waals surface area contributed by atoms with Crippen LogP contribution in [0.5, 0.6) is 0 Å². The molecule has 1 aromatic heterocycles. The summed E-state index contributed by atoms with van der Waals surface area (Å²) in [6.45, 7) is 7.36. The second kappa shape index (κ2) is 6.74. The average Bonchev–Trinajstić information content (AvgIpc) is 2.29. The summed E-state index contributed by atoms with van der Waals surface area (Å²) in [5.74, 6) is 1.96. The fourth-order valence-corrected chi connectivity index (χ4v) is 2.09. The predicted molar refractivity (Wildman–Crippen MR) is 71.3 cm³/mol. The molecule has 0 aliphatic rings. The van der Waals surface area contributed by atoms with E-state index >= 15 is 0 Å². The van der Waals surface area contributed by atoms with Gasteiger partial charge >= 0.3 is 0 Å². The van der Waals surface area contributed by atoms with Gasteiger partial charge in [-0.15, -0.1) is 11.8 Å². The second-order valence-electron chi connectivity index (χ2n) is 3.80. The molecular weight excluding hydrogens is 218 g/mol. The molecular formula is C12H21N3S. The minimum Gasteiger partial charge on any atom is -0.370 e. The van der Waals surface area contributed by atoms with E-state index in [0.717, 1.165) is 42.5 Å². The van der Waals surface area contributed by atoms with E-state index in [1.54, 1.807) is 11.8 Å². The van der Waals surface area contributed by atoms with Gasteiger partial charge < -0.3 is 5.32 Å². The zero-order chi connectivity index (χ0) is 12.0. The Morgan fingerprint density at radius 2 is 1.94 bits per heavy atom. The number of nitrogens with zero attached hydrogens (tertiary/aromatic N) is 2. The van der Waals surface area contributed by atoms with Gasteiger partial charge in [-0.25, -0.2) is 9.97 Å². The monoisotopic (exact) mass is 239 g/mol. The van der Waals surface area contributed by atoms with Crippen LogP contribution in [0, 0.1) is 6.92 Å². The van der Waals surface area contributed by atoms with Crippen molar-refractivity contribution in [1.29, 1.82) is 0 Å². The molecule has 1 aromatic rings. The van der Waals surface area contributed by atoms with Gasteiger partial charge in [0.1, 0.15) is 16.7 Å². The Labute approximate surface area is 102 Å². The third kappa shape index (κ3) is 3.37. The molecule has 0 saturated carbocycles. The number of aromatic nitrogens is 2. The van der Waals surface area contributed by atoms with Crippen molar-refractivity contribution in [3.63, 3.8) is 0 Å². The summed E-state index contributed by atoms with van der Waals surface area (Å²) < 4.78 is 0. The van der Waals surface area contributed by atoms with Crippen LogP contribution >= 0.6 is 11.8 Å². The topological polar surface area (TPSA) is 37.8 Å². The lowest BCUT2D eigenvalue weighted by molar-refractivity contribution is 0.800. The molecule has 1 N–H and O–H groups in total. The molecule has 0 saturated heterocycles. The molecule has 0 radical (unpaired) electrons. The number of aryl methyl sites for hydroxylation is 1. The van der Waals surface area contributed by atoms with Gasteiger partial charge in [0.15, 0.2) is 0 Å². The van der Waals surface area contributed by atoms with Gasteiger partial charge in [-0.2, -0.15) is 0 Å².